The van der Waals surface area contributed by atoms with Gasteiger partial charge in [-0.15, -0.1) is 0 Å². The number of fused-ring (bicyclic) bond motifs is 1. The van der Waals surface area contributed by atoms with E-state index in [1.54, 1.807) is 36.4 Å². The van der Waals surface area contributed by atoms with Crippen molar-refractivity contribution in [2.45, 2.75) is 6.61 Å². The van der Waals surface area contributed by atoms with E-state index in [4.69, 9.17) is 25.2 Å². The number of methoxy groups -OCH3 is 1. The average molecular weight is 539 g/mol. The molecule has 0 saturated heterocycles. The number of amides is 1. The predicted octanol–water partition coefficient (Wildman–Crippen LogP) is 5.81. The number of benzene rings is 3. The van der Waals surface area contributed by atoms with Crippen molar-refractivity contribution >= 4 is 45.6 Å². The van der Waals surface area contributed by atoms with Crippen LogP contribution in [0.25, 0.3) is 10.9 Å². The van der Waals surface area contributed by atoms with Crippen LogP contribution in [0.3, 0.4) is 0 Å². The average Bonchev–Trinajstić information content (AvgIpc) is 2.88. The molecule has 0 radical (unpaired) electrons. The fourth-order valence-electron chi connectivity index (χ4n) is 3.53. The van der Waals surface area contributed by atoms with E-state index in [2.05, 4.69) is 20.6 Å². The van der Waals surface area contributed by atoms with E-state index < -0.39 is 12.9 Å². The zero-order valence-corrected chi connectivity index (χ0v) is 21.4. The van der Waals surface area contributed by atoms with Gasteiger partial charge in [0.15, 0.2) is 0 Å². The Morgan fingerprint density at radius 2 is 2.03 bits per heavy atom. The summed E-state index contributed by atoms with van der Waals surface area (Å²) in [5.74, 6) is -0.103. The van der Waals surface area contributed by atoms with Gasteiger partial charge < -0.3 is 25.0 Å². The Bertz CT molecular complexity index is 1580. The number of halogens is 2. The SMILES string of the molecule is [2H]C([2H])([2H])Oc1cc2ncnc(Nc3ccc(OCc4cccc(F)c4)c(Cl)c3)c2cc1NC(=O)/C=C/CN(C)C. The Morgan fingerprint density at radius 1 is 1.16 bits per heavy atom. The van der Waals surface area contributed by atoms with Crippen LogP contribution in [-0.2, 0) is 11.4 Å². The number of carbonyl (C=O) groups is 1. The summed E-state index contributed by atoms with van der Waals surface area (Å²) in [5, 5.41) is 6.64. The summed E-state index contributed by atoms with van der Waals surface area (Å²) in [6.45, 7) is 0.684. The molecule has 2 N–H and O–H groups in total. The van der Waals surface area contributed by atoms with Gasteiger partial charge in [-0.25, -0.2) is 14.4 Å². The second-order valence-electron chi connectivity index (χ2n) is 8.53. The maximum atomic E-state index is 13.4. The molecule has 0 spiro atoms. The molecule has 0 saturated carbocycles. The van der Waals surface area contributed by atoms with Crippen molar-refractivity contribution in [1.29, 1.82) is 0 Å². The topological polar surface area (TPSA) is 88.6 Å². The van der Waals surface area contributed by atoms with Gasteiger partial charge in [0.1, 0.15) is 36.1 Å². The zero-order chi connectivity index (χ0) is 29.6. The number of hydrogen-bond acceptors (Lipinski definition) is 7. The second-order valence-corrected chi connectivity index (χ2v) is 8.94. The molecule has 38 heavy (non-hydrogen) atoms. The third-order valence-corrected chi connectivity index (χ3v) is 5.62. The van der Waals surface area contributed by atoms with Crippen molar-refractivity contribution < 1.29 is 22.8 Å². The van der Waals surface area contributed by atoms with Gasteiger partial charge in [-0.3, -0.25) is 4.79 Å². The van der Waals surface area contributed by atoms with Crippen LogP contribution in [-0.4, -0.2) is 48.5 Å². The summed E-state index contributed by atoms with van der Waals surface area (Å²) < 4.78 is 46.9. The molecule has 1 heterocycles. The number of anilines is 3. The summed E-state index contributed by atoms with van der Waals surface area (Å²) in [6.07, 6.45) is 4.33. The van der Waals surface area contributed by atoms with Crippen molar-refractivity contribution in [2.24, 2.45) is 0 Å². The first kappa shape index (κ1) is 22.9. The molecule has 0 aliphatic heterocycles. The van der Waals surface area contributed by atoms with Crippen molar-refractivity contribution in [2.75, 3.05) is 38.3 Å². The normalized spacial score (nSPS) is 12.7. The lowest BCUT2D eigenvalue weighted by molar-refractivity contribution is -0.111. The van der Waals surface area contributed by atoms with Crippen molar-refractivity contribution in [3.63, 3.8) is 0 Å². The summed E-state index contributed by atoms with van der Waals surface area (Å²) in [4.78, 5) is 23.0. The summed E-state index contributed by atoms with van der Waals surface area (Å²) in [5.41, 5.74) is 1.75. The fraction of sp³-hybridized carbons (Fsp3) is 0.179. The number of rotatable bonds is 10. The molecule has 1 amide bonds. The predicted molar refractivity (Wildman–Crippen MR) is 148 cm³/mol. The monoisotopic (exact) mass is 538 g/mol. The lowest BCUT2D eigenvalue weighted by Crippen LogP contribution is -2.13. The Hall–Kier alpha value is -4.21. The van der Waals surface area contributed by atoms with Crippen molar-refractivity contribution in [3.8, 4) is 11.5 Å². The number of nitrogens with zero attached hydrogens (tertiary/aromatic N) is 3. The van der Waals surface area contributed by atoms with E-state index >= 15 is 0 Å². The minimum atomic E-state index is -2.75. The van der Waals surface area contributed by atoms with Gasteiger partial charge in [-0.05, 0) is 56.1 Å². The zero-order valence-electron chi connectivity index (χ0n) is 23.7. The smallest absolute Gasteiger partial charge is 0.248 e. The van der Waals surface area contributed by atoms with E-state index in [9.17, 15) is 9.18 Å². The van der Waals surface area contributed by atoms with Crippen molar-refractivity contribution in [3.05, 3.63) is 89.5 Å². The first-order valence-corrected chi connectivity index (χ1v) is 11.9. The highest BCUT2D eigenvalue weighted by molar-refractivity contribution is 6.32. The summed E-state index contributed by atoms with van der Waals surface area (Å²) in [6, 6.07) is 14.1. The van der Waals surface area contributed by atoms with Gasteiger partial charge in [0, 0.05) is 29.8 Å². The maximum absolute atomic E-state index is 13.4. The van der Waals surface area contributed by atoms with Crippen LogP contribution in [0.15, 0.2) is 73.1 Å². The standard InChI is InChI=1S/C28H27ClFN5O3/c1-35(2)11-5-8-27(36)34-24-14-21-23(15-26(24)37-3)31-17-32-28(21)33-20-9-10-25(22(29)13-20)38-16-18-6-4-7-19(30)12-18/h4-10,12-15,17H,11,16H2,1-3H3,(H,34,36)(H,31,32,33)/b8-5+/i3D3. The Morgan fingerprint density at radius 3 is 2.79 bits per heavy atom. The van der Waals surface area contributed by atoms with Crippen LogP contribution in [0.5, 0.6) is 11.5 Å². The molecule has 0 unspecified atom stereocenters. The molecule has 196 valence electrons. The Balaban J connectivity index is 1.59. The molecule has 0 fully saturated rings. The summed E-state index contributed by atoms with van der Waals surface area (Å²) >= 11 is 6.44. The number of carbonyl (C=O) groups excluding carboxylic acids is 1. The fourth-order valence-corrected chi connectivity index (χ4v) is 3.77. The third kappa shape index (κ3) is 6.96. The van der Waals surface area contributed by atoms with E-state index in [0.717, 1.165) is 0 Å². The molecule has 8 nitrogen and oxygen atoms in total. The molecule has 0 bridgehead atoms. The van der Waals surface area contributed by atoms with Crippen molar-refractivity contribution in [1.82, 2.24) is 14.9 Å². The first-order chi connectivity index (χ1) is 19.5. The number of hydrogen-bond donors (Lipinski definition) is 2. The van der Waals surface area contributed by atoms with Gasteiger partial charge in [-0.1, -0.05) is 29.8 Å². The van der Waals surface area contributed by atoms with Crippen LogP contribution in [0.4, 0.5) is 21.6 Å². The lowest BCUT2D eigenvalue weighted by atomic mass is 10.1. The highest BCUT2D eigenvalue weighted by Gasteiger charge is 2.13. The molecule has 4 aromatic rings. The number of nitrogens with one attached hydrogen (secondary N) is 2. The molecule has 0 aliphatic carbocycles. The largest absolute Gasteiger partial charge is 0.494 e. The van der Waals surface area contributed by atoms with Crippen LogP contribution < -0.4 is 20.1 Å². The van der Waals surface area contributed by atoms with Crippen LogP contribution >= 0.6 is 11.6 Å². The van der Waals surface area contributed by atoms with Gasteiger partial charge >= 0.3 is 0 Å². The minimum Gasteiger partial charge on any atom is -0.494 e. The third-order valence-electron chi connectivity index (χ3n) is 5.32. The highest BCUT2D eigenvalue weighted by atomic mass is 35.5. The number of aromatic nitrogens is 2. The van der Waals surface area contributed by atoms with Gasteiger partial charge in [0.2, 0.25) is 5.91 Å². The Labute approximate surface area is 229 Å². The van der Waals surface area contributed by atoms with Crippen LogP contribution in [0.2, 0.25) is 5.02 Å². The van der Waals surface area contributed by atoms with Gasteiger partial charge in [-0.2, -0.15) is 0 Å². The second kappa shape index (κ2) is 12.4. The molecular weight excluding hydrogens is 509 g/mol. The van der Waals surface area contributed by atoms with Gasteiger partial charge in [0.05, 0.1) is 27.4 Å². The van der Waals surface area contributed by atoms with Crippen LogP contribution in [0.1, 0.15) is 9.68 Å². The molecule has 0 atom stereocenters. The first-order valence-electron chi connectivity index (χ1n) is 13.0. The molecule has 3 aromatic carbocycles. The highest BCUT2D eigenvalue weighted by Crippen LogP contribution is 2.34. The Kier molecular flexibility index (Phi) is 7.46. The lowest BCUT2D eigenvalue weighted by Gasteiger charge is -2.14. The molecule has 1 aromatic heterocycles. The molecule has 10 heteroatoms. The van der Waals surface area contributed by atoms with E-state index in [0.29, 0.717) is 45.3 Å². The van der Waals surface area contributed by atoms with Crippen LogP contribution in [0, 0.1) is 5.82 Å². The molecule has 4 rings (SSSR count). The van der Waals surface area contributed by atoms with Gasteiger partial charge in [0.25, 0.3) is 0 Å². The summed E-state index contributed by atoms with van der Waals surface area (Å²) in [7, 11) is 0.976. The van der Waals surface area contributed by atoms with E-state index in [1.807, 2.05) is 19.0 Å². The minimum absolute atomic E-state index is 0.0700. The molecular formula is C28H27ClFN5O3. The number of ether oxygens (including phenoxy) is 2. The maximum Gasteiger partial charge on any atom is 0.248 e. The molecule has 0 aliphatic rings. The van der Waals surface area contributed by atoms with E-state index in [-0.39, 0.29) is 23.9 Å². The quantitative estimate of drug-likeness (QED) is 0.246. The van der Waals surface area contributed by atoms with E-state index in [1.165, 1.54) is 36.7 Å². The number of likely N-dealkylation sites (N-methyl/N-ethyl adjacent to an activating group) is 1.